The van der Waals surface area contributed by atoms with E-state index in [0.29, 0.717) is 107 Å². The number of carboxylic acids is 1. The van der Waals surface area contributed by atoms with Gasteiger partial charge in [-0.05, 0) is 82.2 Å². The van der Waals surface area contributed by atoms with Gasteiger partial charge in [-0.2, -0.15) is 0 Å². The number of benzene rings is 2. The minimum atomic E-state index is -3.13. The number of alkyl halides is 2. The molecule has 4 heterocycles. The number of terminal acetylenes is 1. The summed E-state index contributed by atoms with van der Waals surface area (Å²) in [4.78, 5) is 150. The number of ether oxygens (including phenoxy) is 4. The van der Waals surface area contributed by atoms with E-state index in [1.54, 1.807) is 39.8 Å². The number of aryl methyl sites for hydroxylation is 2. The smallest absolute Gasteiger partial charge is 0.317 e. The second kappa shape index (κ2) is 39.2. The molecule has 1 aromatic heterocycles. The topological polar surface area (TPSA) is 324 Å². The number of hydrogen-bond acceptors (Lipinski definition) is 21. The van der Waals surface area contributed by atoms with Crippen LogP contribution in [0, 0.1) is 19.3 Å². The van der Waals surface area contributed by atoms with Gasteiger partial charge in [0.25, 0.3) is 24.8 Å². The fraction of sp³-hybridized carbons (Fsp3) is 0.569. The number of methoxy groups -OCH3 is 1. The number of carbonyl (C=O) groups excluding carboxylic acids is 9. The molecule has 0 saturated carbocycles. The van der Waals surface area contributed by atoms with Gasteiger partial charge in [0.1, 0.15) is 31.3 Å². The van der Waals surface area contributed by atoms with E-state index < -0.39 is 91.5 Å². The van der Waals surface area contributed by atoms with Gasteiger partial charge in [0.05, 0.1) is 69.3 Å². The molecule has 95 heavy (non-hydrogen) atoms. The number of aromatic nitrogens is 1. The van der Waals surface area contributed by atoms with Crippen molar-refractivity contribution in [1.29, 1.82) is 0 Å². The number of amides is 6. The average molecular weight is 1330 g/mol. The standard InChI is InChI=1S/C65H89F2N13O15/c1-5-50-38-65(66,67)42-80(50)59(85)39-70-62(89)52-19-21-69-54-18-17-51(36-53(52)54)95-35-9-22-74-31-33-79(34-32-74)64(91)56(37-61(88)92-4)73-63(90)55(11-6-7-20-68-48(3)71-57(83)12-8-10-49-15-13-47(2)14-16-49)72-58(84)40-75-23-24-76(41-60(86)87)26-28-78(44-94-46-82)30-29-77(27-25-75)43-93-45-81/h1,13-19,21,36,45-46,50,55-56H,6-12,20,22-35,37-44H2,2-4H3,(H,70,89)(H,72,84)(H,73,90)(H,86,87)(H,68,71,83)/t50-,55-,56-/m0/s1. The Labute approximate surface area is 551 Å². The fourth-order valence-corrected chi connectivity index (χ4v) is 11.2. The Morgan fingerprint density at radius 3 is 2.06 bits per heavy atom. The van der Waals surface area contributed by atoms with Gasteiger partial charge in [0.2, 0.25) is 29.5 Å². The van der Waals surface area contributed by atoms with E-state index in [4.69, 9.17) is 25.4 Å². The highest BCUT2D eigenvalue weighted by Gasteiger charge is 2.46. The SMILES string of the molecule is C#C[C@H]1CC(F)(F)CN1C(=O)CNC(=O)c1ccnc2ccc(OCCCN3CCN(C(=O)[C@H](CC(=O)OC)NC(=O)[C@H](CCCC/N=C(\C)NC(=O)CCCc4ccc(C)cc4)NC(=O)CN4CCN(COC=O)CCN(COC=O)CCN(CC(=O)O)CC4)CC3)cc12. The first kappa shape index (κ1) is 75.3. The van der Waals surface area contributed by atoms with Gasteiger partial charge in [-0.3, -0.25) is 82.4 Å². The highest BCUT2D eigenvalue weighted by Crippen LogP contribution is 2.32. The third kappa shape index (κ3) is 26.2. The minimum Gasteiger partial charge on any atom is -0.494 e. The summed E-state index contributed by atoms with van der Waals surface area (Å²) in [5.41, 5.74) is 2.95. The van der Waals surface area contributed by atoms with E-state index in [2.05, 4.69) is 42.1 Å². The molecule has 3 atom stereocenters. The summed E-state index contributed by atoms with van der Waals surface area (Å²) < 4.78 is 49.2. The first-order valence-corrected chi connectivity index (χ1v) is 31.8. The number of piperazine rings is 1. The van der Waals surface area contributed by atoms with E-state index in [9.17, 15) is 61.8 Å². The number of aliphatic imine (C=N–C) groups is 1. The zero-order valence-corrected chi connectivity index (χ0v) is 54.3. The van der Waals surface area contributed by atoms with E-state index in [1.165, 1.54) is 12.3 Å². The summed E-state index contributed by atoms with van der Waals surface area (Å²) in [6, 6.07) is 11.0. The highest BCUT2D eigenvalue weighted by molar-refractivity contribution is 6.07. The third-order valence-corrected chi connectivity index (χ3v) is 16.4. The number of aliphatic carboxylic acids is 1. The Hall–Kier alpha value is -8.76. The quantitative estimate of drug-likeness (QED) is 0.0108. The summed E-state index contributed by atoms with van der Waals surface area (Å²) >= 11 is 0. The molecule has 30 heteroatoms. The van der Waals surface area contributed by atoms with Gasteiger partial charge in [0.15, 0.2) is 0 Å². The zero-order chi connectivity index (χ0) is 68.7. The maximum atomic E-state index is 14.5. The molecule has 3 saturated heterocycles. The lowest BCUT2D eigenvalue weighted by Gasteiger charge is -2.36. The molecule has 0 spiro atoms. The van der Waals surface area contributed by atoms with Crippen LogP contribution in [0.3, 0.4) is 0 Å². The number of carbonyl (C=O) groups is 10. The summed E-state index contributed by atoms with van der Waals surface area (Å²) in [5, 5.41) is 21.2. The monoisotopic (exact) mass is 1330 g/mol. The highest BCUT2D eigenvalue weighted by atomic mass is 19.3. The van der Waals surface area contributed by atoms with E-state index in [-0.39, 0.29) is 103 Å². The predicted octanol–water partition coefficient (Wildman–Crippen LogP) is 0.883. The lowest BCUT2D eigenvalue weighted by molar-refractivity contribution is -0.147. The molecule has 0 unspecified atom stereocenters. The second-order valence-corrected chi connectivity index (χ2v) is 23.6. The van der Waals surface area contributed by atoms with Crippen LogP contribution in [0.4, 0.5) is 8.78 Å². The first-order chi connectivity index (χ1) is 45.6. The average Bonchev–Trinajstić information content (AvgIpc) is 1.68. The lowest BCUT2D eigenvalue weighted by atomic mass is 10.1. The molecular formula is C65H89F2N13O15. The van der Waals surface area contributed by atoms with E-state index in [0.717, 1.165) is 29.6 Å². The number of amidine groups is 1. The van der Waals surface area contributed by atoms with Gasteiger partial charge < -0.3 is 55.1 Å². The Morgan fingerprint density at radius 1 is 0.789 bits per heavy atom. The van der Waals surface area contributed by atoms with Gasteiger partial charge in [-0.25, -0.2) is 8.78 Å². The Bertz CT molecular complexity index is 3150. The van der Waals surface area contributed by atoms with Crippen LogP contribution >= 0.6 is 0 Å². The number of rotatable bonds is 33. The molecular weight excluding hydrogens is 1240 g/mol. The first-order valence-electron chi connectivity index (χ1n) is 31.8. The molecule has 2 aromatic carbocycles. The van der Waals surface area contributed by atoms with Crippen LogP contribution in [0.1, 0.15) is 79.8 Å². The number of fused-ring (bicyclic) bond motifs is 1. The second-order valence-electron chi connectivity index (χ2n) is 23.6. The molecule has 3 aliphatic rings. The van der Waals surface area contributed by atoms with Crippen LogP contribution in [-0.4, -0.2) is 280 Å². The van der Waals surface area contributed by atoms with Crippen molar-refractivity contribution in [3.05, 3.63) is 71.4 Å². The van der Waals surface area contributed by atoms with E-state index >= 15 is 0 Å². The normalized spacial score (nSPS) is 17.8. The fourth-order valence-electron chi connectivity index (χ4n) is 11.2. The summed E-state index contributed by atoms with van der Waals surface area (Å²) in [7, 11) is 1.16. The molecule has 3 fully saturated rings. The van der Waals surface area contributed by atoms with Crippen molar-refractivity contribution in [3.8, 4) is 18.1 Å². The summed E-state index contributed by atoms with van der Waals surface area (Å²) in [6.07, 6.45) is 8.79. The van der Waals surface area contributed by atoms with Crippen molar-refractivity contribution >= 4 is 77.1 Å². The van der Waals surface area contributed by atoms with Crippen molar-refractivity contribution in [3.63, 3.8) is 0 Å². The molecule has 0 radical (unpaired) electrons. The summed E-state index contributed by atoms with van der Waals surface area (Å²) in [6.45, 7) is 7.01. The Balaban J connectivity index is 1.06. The van der Waals surface area contributed by atoms with Gasteiger partial charge in [-0.15, -0.1) is 6.42 Å². The van der Waals surface area contributed by atoms with Crippen molar-refractivity contribution in [2.75, 3.05) is 145 Å². The maximum Gasteiger partial charge on any atom is 0.317 e. The Morgan fingerprint density at radius 2 is 1.43 bits per heavy atom. The zero-order valence-electron chi connectivity index (χ0n) is 54.3. The van der Waals surface area contributed by atoms with Crippen LogP contribution in [0.2, 0.25) is 0 Å². The number of nitrogens with zero attached hydrogens (tertiary/aromatic N) is 9. The van der Waals surface area contributed by atoms with Gasteiger partial charge in [-0.1, -0.05) is 35.7 Å². The molecule has 28 nitrogen and oxygen atoms in total. The third-order valence-electron chi connectivity index (χ3n) is 16.4. The molecule has 0 bridgehead atoms. The van der Waals surface area contributed by atoms with Crippen molar-refractivity contribution < 1.29 is 80.8 Å². The largest absolute Gasteiger partial charge is 0.494 e. The molecule has 0 aliphatic carbocycles. The van der Waals surface area contributed by atoms with Gasteiger partial charge in [0, 0.05) is 116 Å². The van der Waals surface area contributed by atoms with Crippen molar-refractivity contribution in [2.24, 2.45) is 4.99 Å². The number of carboxylic acid groups (broad SMARTS) is 1. The number of unbranched alkanes of at least 4 members (excludes halogenated alkanes) is 1. The minimum absolute atomic E-state index is 0.0457. The predicted molar refractivity (Wildman–Crippen MR) is 343 cm³/mol. The number of likely N-dealkylation sites (tertiary alicyclic amines) is 1. The number of hydrogen-bond donors (Lipinski definition) is 5. The van der Waals surface area contributed by atoms with Gasteiger partial charge >= 0.3 is 11.9 Å². The number of halogens is 2. The van der Waals surface area contributed by atoms with Crippen LogP contribution in [0.25, 0.3) is 10.9 Å². The molecule has 6 amide bonds. The molecule has 3 aromatic rings. The van der Waals surface area contributed by atoms with Crippen molar-refractivity contribution in [2.45, 2.75) is 95.7 Å². The number of esters is 1. The van der Waals surface area contributed by atoms with Crippen LogP contribution in [0.5, 0.6) is 5.75 Å². The maximum absolute atomic E-state index is 14.5. The molecule has 3 aliphatic heterocycles. The number of pyridine rings is 1. The number of nitrogens with one attached hydrogen (secondary N) is 4. The van der Waals surface area contributed by atoms with Crippen LogP contribution in [-0.2, 0) is 63.8 Å². The molecule has 5 N–H and O–H groups in total. The van der Waals surface area contributed by atoms with E-state index in [1.807, 2.05) is 41.0 Å². The summed E-state index contributed by atoms with van der Waals surface area (Å²) in [5.74, 6) is -5.25. The molecule has 6 rings (SSSR count). The Kier molecular flexibility index (Phi) is 31.0. The molecule has 518 valence electrons. The van der Waals surface area contributed by atoms with Crippen molar-refractivity contribution in [1.82, 2.24) is 60.6 Å². The lowest BCUT2D eigenvalue weighted by Crippen LogP contribution is -2.58. The van der Waals surface area contributed by atoms with Crippen LogP contribution in [0.15, 0.2) is 59.7 Å². The van der Waals surface area contributed by atoms with Crippen LogP contribution < -0.4 is 26.0 Å².